The molecule has 0 aromatic heterocycles. The van der Waals surface area contributed by atoms with Gasteiger partial charge in [-0.2, -0.15) is 0 Å². The van der Waals surface area contributed by atoms with Gasteiger partial charge >= 0.3 is 6.09 Å². The number of alkyl carbamates (subject to hydrolysis) is 1. The highest BCUT2D eigenvalue weighted by atomic mass is 16.5. The summed E-state index contributed by atoms with van der Waals surface area (Å²) in [7, 11) is 1.59. The SMILES string of the molecule is COc1ccc2c(c1)C(c1ccccc1)=NC(CNC(=O)OCc1ccccc1)C(=O)N2. The molecule has 162 valence electrons. The molecule has 2 amide bonds. The summed E-state index contributed by atoms with van der Waals surface area (Å²) in [5.74, 6) is 0.341. The van der Waals surface area contributed by atoms with Crippen molar-refractivity contribution in [1.82, 2.24) is 5.32 Å². The summed E-state index contributed by atoms with van der Waals surface area (Å²) in [6, 6.07) is 23.5. The van der Waals surface area contributed by atoms with E-state index in [0.29, 0.717) is 17.1 Å². The van der Waals surface area contributed by atoms with Crippen molar-refractivity contribution in [3.8, 4) is 5.75 Å². The maximum absolute atomic E-state index is 12.9. The van der Waals surface area contributed by atoms with Crippen molar-refractivity contribution in [3.63, 3.8) is 0 Å². The van der Waals surface area contributed by atoms with Crippen molar-refractivity contribution in [3.05, 3.63) is 95.6 Å². The predicted molar refractivity (Wildman–Crippen MR) is 122 cm³/mol. The minimum atomic E-state index is -0.826. The first-order chi connectivity index (χ1) is 15.6. The van der Waals surface area contributed by atoms with Crippen LogP contribution in [0.4, 0.5) is 10.5 Å². The summed E-state index contributed by atoms with van der Waals surface area (Å²) in [6.45, 7) is 0.147. The zero-order valence-electron chi connectivity index (χ0n) is 17.6. The third kappa shape index (κ3) is 4.95. The van der Waals surface area contributed by atoms with E-state index in [1.807, 2.05) is 66.7 Å². The number of carbonyl (C=O) groups excluding carboxylic acids is 2. The third-order valence-electron chi connectivity index (χ3n) is 5.03. The molecule has 3 aromatic carbocycles. The number of hydrogen-bond donors (Lipinski definition) is 2. The molecule has 0 saturated heterocycles. The van der Waals surface area contributed by atoms with Gasteiger partial charge in [0, 0.05) is 11.1 Å². The summed E-state index contributed by atoms with van der Waals surface area (Å²) in [4.78, 5) is 29.7. The van der Waals surface area contributed by atoms with E-state index in [1.165, 1.54) is 0 Å². The fourth-order valence-corrected chi connectivity index (χ4v) is 3.37. The lowest BCUT2D eigenvalue weighted by Gasteiger charge is -2.12. The van der Waals surface area contributed by atoms with Gasteiger partial charge in [-0.3, -0.25) is 9.79 Å². The number of benzene rings is 3. The summed E-state index contributed by atoms with van der Waals surface area (Å²) < 4.78 is 10.6. The van der Waals surface area contributed by atoms with Gasteiger partial charge < -0.3 is 20.1 Å². The maximum Gasteiger partial charge on any atom is 0.407 e. The van der Waals surface area contributed by atoms with Gasteiger partial charge in [-0.05, 0) is 23.8 Å². The highest BCUT2D eigenvalue weighted by Crippen LogP contribution is 2.28. The number of benzodiazepines with no additional fused rings is 1. The van der Waals surface area contributed by atoms with Crippen molar-refractivity contribution in [2.75, 3.05) is 19.0 Å². The van der Waals surface area contributed by atoms with Crippen LogP contribution in [0.1, 0.15) is 16.7 Å². The van der Waals surface area contributed by atoms with Gasteiger partial charge in [-0.25, -0.2) is 4.79 Å². The lowest BCUT2D eigenvalue weighted by Crippen LogP contribution is -2.38. The molecule has 32 heavy (non-hydrogen) atoms. The molecule has 3 aromatic rings. The van der Waals surface area contributed by atoms with Crippen LogP contribution in [-0.2, 0) is 16.1 Å². The number of carbonyl (C=O) groups is 2. The Bertz CT molecular complexity index is 1130. The first-order valence-corrected chi connectivity index (χ1v) is 10.2. The molecular formula is C25H23N3O4. The fourth-order valence-electron chi connectivity index (χ4n) is 3.37. The molecule has 1 heterocycles. The fraction of sp³-hybridized carbons (Fsp3) is 0.160. The Morgan fingerprint density at radius 2 is 1.75 bits per heavy atom. The number of rotatable bonds is 6. The summed E-state index contributed by atoms with van der Waals surface area (Å²) in [5.41, 5.74) is 3.76. The molecule has 1 unspecified atom stereocenters. The van der Waals surface area contributed by atoms with Gasteiger partial charge in [-0.1, -0.05) is 60.7 Å². The summed E-state index contributed by atoms with van der Waals surface area (Å²) in [6.07, 6.45) is -0.610. The normalized spacial score (nSPS) is 15.0. The Hall–Kier alpha value is -4.13. The Balaban J connectivity index is 1.54. The Morgan fingerprint density at radius 1 is 1.03 bits per heavy atom. The van der Waals surface area contributed by atoms with Gasteiger partial charge in [0.25, 0.3) is 5.91 Å². The number of aliphatic imine (C=N–C) groups is 1. The number of ether oxygens (including phenoxy) is 2. The zero-order valence-corrected chi connectivity index (χ0v) is 17.6. The van der Waals surface area contributed by atoms with Crippen LogP contribution in [0.25, 0.3) is 0 Å². The monoisotopic (exact) mass is 429 g/mol. The van der Waals surface area contributed by atoms with E-state index in [-0.39, 0.29) is 19.1 Å². The van der Waals surface area contributed by atoms with Crippen molar-refractivity contribution in [2.45, 2.75) is 12.6 Å². The van der Waals surface area contributed by atoms with E-state index in [9.17, 15) is 9.59 Å². The molecule has 7 nitrogen and oxygen atoms in total. The van der Waals surface area contributed by atoms with E-state index in [1.54, 1.807) is 19.2 Å². The van der Waals surface area contributed by atoms with E-state index in [4.69, 9.17) is 14.5 Å². The summed E-state index contributed by atoms with van der Waals surface area (Å²) >= 11 is 0. The second-order valence-corrected chi connectivity index (χ2v) is 7.20. The van der Waals surface area contributed by atoms with Crippen molar-refractivity contribution in [2.24, 2.45) is 4.99 Å². The highest BCUT2D eigenvalue weighted by molar-refractivity contribution is 6.19. The topological polar surface area (TPSA) is 89.0 Å². The van der Waals surface area contributed by atoms with Crippen LogP contribution in [-0.4, -0.2) is 37.4 Å². The third-order valence-corrected chi connectivity index (χ3v) is 5.03. The van der Waals surface area contributed by atoms with Crippen LogP contribution < -0.4 is 15.4 Å². The van der Waals surface area contributed by atoms with E-state index < -0.39 is 12.1 Å². The number of amides is 2. The smallest absolute Gasteiger partial charge is 0.407 e. The van der Waals surface area contributed by atoms with E-state index in [2.05, 4.69) is 10.6 Å². The summed E-state index contributed by atoms with van der Waals surface area (Å²) in [5, 5.41) is 5.55. The van der Waals surface area contributed by atoms with Crippen LogP contribution in [0.5, 0.6) is 5.75 Å². The molecule has 1 aliphatic heterocycles. The van der Waals surface area contributed by atoms with Crippen LogP contribution in [0.2, 0.25) is 0 Å². The highest BCUT2D eigenvalue weighted by Gasteiger charge is 2.26. The van der Waals surface area contributed by atoms with E-state index >= 15 is 0 Å². The van der Waals surface area contributed by atoms with Crippen LogP contribution >= 0.6 is 0 Å². The standard InChI is InChI=1S/C25H23N3O4/c1-31-19-12-13-21-20(14-19)23(18-10-6-3-7-11-18)27-22(24(29)28-21)15-26-25(30)32-16-17-8-4-2-5-9-17/h2-14,22H,15-16H2,1H3,(H,26,30)(H,28,29). The van der Waals surface area contributed by atoms with Gasteiger partial charge in [0.2, 0.25) is 0 Å². The molecule has 0 fully saturated rings. The van der Waals surface area contributed by atoms with Crippen LogP contribution in [0.3, 0.4) is 0 Å². The van der Waals surface area contributed by atoms with Gasteiger partial charge in [0.05, 0.1) is 25.1 Å². The quantitative estimate of drug-likeness (QED) is 0.624. The molecule has 0 radical (unpaired) electrons. The second kappa shape index (κ2) is 9.78. The number of methoxy groups -OCH3 is 1. The number of nitrogens with one attached hydrogen (secondary N) is 2. The average molecular weight is 429 g/mol. The molecule has 0 aliphatic carbocycles. The first-order valence-electron chi connectivity index (χ1n) is 10.2. The molecule has 7 heteroatoms. The maximum atomic E-state index is 12.9. The van der Waals surface area contributed by atoms with Gasteiger partial charge in [-0.15, -0.1) is 0 Å². The molecule has 1 atom stereocenters. The van der Waals surface area contributed by atoms with Crippen molar-refractivity contribution in [1.29, 1.82) is 0 Å². The molecular weight excluding hydrogens is 406 g/mol. The van der Waals surface area contributed by atoms with Gasteiger partial charge in [0.15, 0.2) is 0 Å². The lowest BCUT2D eigenvalue weighted by atomic mass is 10.0. The second-order valence-electron chi connectivity index (χ2n) is 7.20. The minimum Gasteiger partial charge on any atom is -0.497 e. The number of fused-ring (bicyclic) bond motifs is 1. The number of hydrogen-bond acceptors (Lipinski definition) is 5. The van der Waals surface area contributed by atoms with Crippen molar-refractivity contribution < 1.29 is 19.1 Å². The predicted octanol–water partition coefficient (Wildman–Crippen LogP) is 3.78. The zero-order chi connectivity index (χ0) is 22.3. The molecule has 2 N–H and O–H groups in total. The van der Waals surface area contributed by atoms with Crippen LogP contribution in [0.15, 0.2) is 83.9 Å². The molecule has 1 aliphatic rings. The van der Waals surface area contributed by atoms with E-state index in [0.717, 1.165) is 16.7 Å². The Kier molecular flexibility index (Phi) is 6.46. The average Bonchev–Trinajstić information content (AvgIpc) is 2.98. The first kappa shape index (κ1) is 21.1. The lowest BCUT2D eigenvalue weighted by molar-refractivity contribution is -0.117. The van der Waals surface area contributed by atoms with Crippen molar-refractivity contribution >= 4 is 23.4 Å². The largest absolute Gasteiger partial charge is 0.497 e. The van der Waals surface area contributed by atoms with Gasteiger partial charge in [0.1, 0.15) is 18.4 Å². The van der Waals surface area contributed by atoms with Crippen LogP contribution in [0, 0.1) is 0 Å². The Labute approximate surface area is 186 Å². The number of anilines is 1. The molecule has 0 bridgehead atoms. The Morgan fingerprint density at radius 3 is 2.47 bits per heavy atom. The molecule has 0 spiro atoms. The minimum absolute atomic E-state index is 0.000906. The molecule has 0 saturated carbocycles. The molecule has 4 rings (SSSR count). The number of nitrogens with zero attached hydrogens (tertiary/aromatic N) is 1.